The van der Waals surface area contributed by atoms with Gasteiger partial charge in [0.2, 0.25) is 5.91 Å². The van der Waals surface area contributed by atoms with Gasteiger partial charge in [-0.05, 0) is 49.7 Å². The molecule has 0 bridgehead atoms. The van der Waals surface area contributed by atoms with Gasteiger partial charge in [0.15, 0.2) is 5.13 Å². The molecule has 1 amide bonds. The standard InChI is InChI=1S/C23H21N3O3S/c1-14-12-21(27)26(20-7-5-4-6-18(14)20)15(2)22(28)25-23-24-19(13-30-23)16-8-10-17(29-3)11-9-16/h4-13,15H,1-3H3,(H,24,25,28). The second-order valence-electron chi connectivity index (χ2n) is 6.98. The Labute approximate surface area is 177 Å². The number of pyridine rings is 1. The van der Waals surface area contributed by atoms with E-state index >= 15 is 0 Å². The molecule has 0 spiro atoms. The highest BCUT2D eigenvalue weighted by Gasteiger charge is 2.20. The molecule has 0 aliphatic rings. The Morgan fingerprint density at radius 1 is 1.17 bits per heavy atom. The first-order valence-corrected chi connectivity index (χ1v) is 10.4. The minimum absolute atomic E-state index is 0.202. The number of para-hydroxylation sites is 1. The monoisotopic (exact) mass is 419 g/mol. The summed E-state index contributed by atoms with van der Waals surface area (Å²) >= 11 is 1.34. The number of fused-ring (bicyclic) bond motifs is 1. The number of thiazole rings is 1. The third kappa shape index (κ3) is 3.71. The van der Waals surface area contributed by atoms with Crippen molar-refractivity contribution in [1.82, 2.24) is 9.55 Å². The molecule has 0 saturated heterocycles. The van der Waals surface area contributed by atoms with E-state index in [0.717, 1.165) is 33.5 Å². The van der Waals surface area contributed by atoms with Crippen LogP contribution >= 0.6 is 11.3 Å². The first-order valence-electron chi connectivity index (χ1n) is 9.49. The molecule has 0 fully saturated rings. The van der Waals surface area contributed by atoms with Crippen molar-refractivity contribution in [3.05, 3.63) is 75.9 Å². The smallest absolute Gasteiger partial charge is 0.252 e. The SMILES string of the molecule is COc1ccc(-c2csc(NC(=O)C(C)n3c(=O)cc(C)c4ccccc43)n2)cc1. The molecule has 152 valence electrons. The van der Waals surface area contributed by atoms with Gasteiger partial charge in [-0.2, -0.15) is 0 Å². The third-order valence-electron chi connectivity index (χ3n) is 5.05. The lowest BCUT2D eigenvalue weighted by Crippen LogP contribution is -2.31. The minimum Gasteiger partial charge on any atom is -0.497 e. The quantitative estimate of drug-likeness (QED) is 0.511. The minimum atomic E-state index is -0.684. The molecule has 1 atom stereocenters. The van der Waals surface area contributed by atoms with Crippen molar-refractivity contribution in [2.24, 2.45) is 0 Å². The van der Waals surface area contributed by atoms with E-state index in [9.17, 15) is 9.59 Å². The summed E-state index contributed by atoms with van der Waals surface area (Å²) in [6.07, 6.45) is 0. The molecule has 0 radical (unpaired) electrons. The van der Waals surface area contributed by atoms with Crippen molar-refractivity contribution in [2.75, 3.05) is 12.4 Å². The summed E-state index contributed by atoms with van der Waals surface area (Å²) in [6, 6.07) is 16.0. The number of ether oxygens (including phenoxy) is 1. The topological polar surface area (TPSA) is 73.2 Å². The Balaban J connectivity index is 1.58. The van der Waals surface area contributed by atoms with E-state index in [1.54, 1.807) is 20.1 Å². The predicted octanol–water partition coefficient (Wildman–Crippen LogP) is 4.64. The van der Waals surface area contributed by atoms with E-state index < -0.39 is 6.04 Å². The van der Waals surface area contributed by atoms with Crippen molar-refractivity contribution < 1.29 is 9.53 Å². The van der Waals surface area contributed by atoms with Crippen LogP contribution in [0.25, 0.3) is 22.2 Å². The fourth-order valence-electron chi connectivity index (χ4n) is 3.42. The number of methoxy groups -OCH3 is 1. The molecule has 2 heterocycles. The Hall–Kier alpha value is -3.45. The summed E-state index contributed by atoms with van der Waals surface area (Å²) < 4.78 is 6.70. The lowest BCUT2D eigenvalue weighted by atomic mass is 10.1. The number of amides is 1. The normalized spacial score (nSPS) is 12.0. The van der Waals surface area contributed by atoms with Crippen LogP contribution in [-0.2, 0) is 4.79 Å². The lowest BCUT2D eigenvalue weighted by Gasteiger charge is -2.18. The number of benzene rings is 2. The third-order valence-corrected chi connectivity index (χ3v) is 5.81. The zero-order valence-corrected chi connectivity index (χ0v) is 17.7. The van der Waals surface area contributed by atoms with Gasteiger partial charge in [-0.15, -0.1) is 11.3 Å². The van der Waals surface area contributed by atoms with Crippen LogP contribution in [-0.4, -0.2) is 22.6 Å². The van der Waals surface area contributed by atoms with E-state index in [2.05, 4.69) is 10.3 Å². The maximum Gasteiger partial charge on any atom is 0.252 e. The number of nitrogens with zero attached hydrogens (tertiary/aromatic N) is 2. The van der Waals surface area contributed by atoms with E-state index in [1.165, 1.54) is 15.9 Å². The first-order chi connectivity index (χ1) is 14.5. The van der Waals surface area contributed by atoms with Crippen molar-refractivity contribution >= 4 is 33.3 Å². The summed E-state index contributed by atoms with van der Waals surface area (Å²) in [5, 5.41) is 6.17. The average Bonchev–Trinajstić information content (AvgIpc) is 3.22. The zero-order valence-electron chi connectivity index (χ0n) is 16.9. The summed E-state index contributed by atoms with van der Waals surface area (Å²) in [5.41, 5.74) is 3.13. The summed E-state index contributed by atoms with van der Waals surface area (Å²) in [4.78, 5) is 30.1. The number of anilines is 1. The summed E-state index contributed by atoms with van der Waals surface area (Å²) in [5.74, 6) is 0.480. The molecule has 6 nitrogen and oxygen atoms in total. The molecule has 30 heavy (non-hydrogen) atoms. The van der Waals surface area contributed by atoms with Crippen LogP contribution in [0.15, 0.2) is 64.8 Å². The second-order valence-corrected chi connectivity index (χ2v) is 7.84. The number of hydrogen-bond acceptors (Lipinski definition) is 5. The molecule has 0 saturated carbocycles. The van der Waals surface area contributed by atoms with Gasteiger partial charge in [-0.25, -0.2) is 4.98 Å². The van der Waals surface area contributed by atoms with Gasteiger partial charge in [-0.3, -0.25) is 14.2 Å². The first kappa shape index (κ1) is 19.8. The zero-order chi connectivity index (χ0) is 21.3. The molecular formula is C23H21N3O3S. The number of hydrogen-bond donors (Lipinski definition) is 1. The molecule has 4 aromatic rings. The number of carbonyl (C=O) groups excluding carboxylic acids is 1. The van der Waals surface area contributed by atoms with Crippen LogP contribution in [0, 0.1) is 6.92 Å². The number of rotatable bonds is 5. The molecule has 7 heteroatoms. The van der Waals surface area contributed by atoms with Crippen LogP contribution < -0.4 is 15.6 Å². The summed E-state index contributed by atoms with van der Waals surface area (Å²) in [7, 11) is 1.62. The van der Waals surface area contributed by atoms with E-state index in [1.807, 2.05) is 60.8 Å². The van der Waals surface area contributed by atoms with Gasteiger partial charge in [0.05, 0.1) is 18.3 Å². The molecule has 0 aliphatic heterocycles. The second kappa shape index (κ2) is 8.12. The van der Waals surface area contributed by atoms with Crippen LogP contribution in [0.5, 0.6) is 5.75 Å². The highest BCUT2D eigenvalue weighted by molar-refractivity contribution is 7.14. The van der Waals surface area contributed by atoms with E-state index in [0.29, 0.717) is 5.13 Å². The van der Waals surface area contributed by atoms with Gasteiger partial charge >= 0.3 is 0 Å². The largest absolute Gasteiger partial charge is 0.497 e. The van der Waals surface area contributed by atoms with Gasteiger partial charge in [0.1, 0.15) is 11.8 Å². The predicted molar refractivity (Wildman–Crippen MR) is 120 cm³/mol. The average molecular weight is 420 g/mol. The van der Waals surface area contributed by atoms with E-state index in [-0.39, 0.29) is 11.5 Å². The van der Waals surface area contributed by atoms with Gasteiger partial charge < -0.3 is 10.1 Å². The maximum atomic E-state index is 12.9. The number of aromatic nitrogens is 2. The number of nitrogens with one attached hydrogen (secondary N) is 1. The van der Waals surface area contributed by atoms with Crippen molar-refractivity contribution in [2.45, 2.75) is 19.9 Å². The highest BCUT2D eigenvalue weighted by atomic mass is 32.1. The molecular weight excluding hydrogens is 398 g/mol. The van der Waals surface area contributed by atoms with Crippen LogP contribution in [0.1, 0.15) is 18.5 Å². The Morgan fingerprint density at radius 3 is 2.63 bits per heavy atom. The number of aryl methyl sites for hydroxylation is 1. The molecule has 1 unspecified atom stereocenters. The molecule has 1 N–H and O–H groups in total. The van der Waals surface area contributed by atoms with Gasteiger partial charge in [0.25, 0.3) is 5.56 Å². The number of carbonyl (C=O) groups is 1. The van der Waals surface area contributed by atoms with Crippen LogP contribution in [0.4, 0.5) is 5.13 Å². The van der Waals surface area contributed by atoms with Crippen molar-refractivity contribution in [1.29, 1.82) is 0 Å². The fraction of sp³-hybridized carbons (Fsp3) is 0.174. The lowest BCUT2D eigenvalue weighted by molar-refractivity contribution is -0.118. The molecule has 4 rings (SSSR count). The van der Waals surface area contributed by atoms with Crippen molar-refractivity contribution in [3.63, 3.8) is 0 Å². The van der Waals surface area contributed by atoms with Crippen LogP contribution in [0.2, 0.25) is 0 Å². The van der Waals surface area contributed by atoms with Gasteiger partial charge in [0, 0.05) is 22.4 Å². The van der Waals surface area contributed by atoms with E-state index in [4.69, 9.17) is 4.74 Å². The maximum absolute atomic E-state index is 12.9. The van der Waals surface area contributed by atoms with Crippen molar-refractivity contribution in [3.8, 4) is 17.0 Å². The molecule has 2 aromatic heterocycles. The Morgan fingerprint density at radius 2 is 1.90 bits per heavy atom. The summed E-state index contributed by atoms with van der Waals surface area (Å²) in [6.45, 7) is 3.62. The highest BCUT2D eigenvalue weighted by Crippen LogP contribution is 2.27. The molecule has 2 aromatic carbocycles. The Bertz CT molecular complexity index is 1280. The van der Waals surface area contributed by atoms with Crippen LogP contribution in [0.3, 0.4) is 0 Å². The van der Waals surface area contributed by atoms with Gasteiger partial charge in [-0.1, -0.05) is 18.2 Å². The fourth-order valence-corrected chi connectivity index (χ4v) is 4.14. The molecule has 0 aliphatic carbocycles. The Kier molecular flexibility index (Phi) is 5.37.